The predicted octanol–water partition coefficient (Wildman–Crippen LogP) is 2.63. The van der Waals surface area contributed by atoms with Gasteiger partial charge in [-0.05, 0) is 49.9 Å². The van der Waals surface area contributed by atoms with Crippen LogP contribution in [0.3, 0.4) is 0 Å². The third kappa shape index (κ3) is 3.26. The Bertz CT molecular complexity index is 515. The van der Waals surface area contributed by atoms with E-state index in [1.807, 2.05) is 6.92 Å². The Morgan fingerprint density at radius 1 is 1.37 bits per heavy atom. The van der Waals surface area contributed by atoms with Gasteiger partial charge in [0.25, 0.3) is 5.91 Å². The molecule has 0 saturated heterocycles. The first kappa shape index (κ1) is 13.9. The summed E-state index contributed by atoms with van der Waals surface area (Å²) >= 11 is 5.85. The quantitative estimate of drug-likeness (QED) is 0.895. The average Bonchev–Trinajstić information content (AvgIpc) is 2.77. The van der Waals surface area contributed by atoms with Crippen LogP contribution in [0.4, 0.5) is 0 Å². The second-order valence-corrected chi connectivity index (χ2v) is 5.41. The molecular weight excluding hydrogens is 266 g/mol. The molecule has 1 amide bonds. The number of benzene rings is 1. The van der Waals surface area contributed by atoms with Crippen LogP contribution in [0, 0.1) is 12.8 Å². The number of amides is 1. The zero-order valence-electron chi connectivity index (χ0n) is 10.6. The summed E-state index contributed by atoms with van der Waals surface area (Å²) in [6.45, 7) is 1.83. The number of carboxylic acid groups (broad SMARTS) is 1. The normalized spacial score (nSPS) is 22.2. The maximum atomic E-state index is 12.1. The molecule has 19 heavy (non-hydrogen) atoms. The Morgan fingerprint density at radius 2 is 2.11 bits per heavy atom. The van der Waals surface area contributed by atoms with Crippen molar-refractivity contribution in [3.63, 3.8) is 0 Å². The summed E-state index contributed by atoms with van der Waals surface area (Å²) in [4.78, 5) is 23.0. The number of carbonyl (C=O) groups is 2. The number of nitrogens with one attached hydrogen (secondary N) is 1. The van der Waals surface area contributed by atoms with Crippen LogP contribution in [0.25, 0.3) is 0 Å². The molecule has 2 unspecified atom stereocenters. The van der Waals surface area contributed by atoms with Crippen molar-refractivity contribution >= 4 is 23.5 Å². The zero-order chi connectivity index (χ0) is 14.0. The summed E-state index contributed by atoms with van der Waals surface area (Å²) in [5.41, 5.74) is 1.40. The van der Waals surface area contributed by atoms with Gasteiger partial charge in [-0.25, -0.2) is 0 Å². The van der Waals surface area contributed by atoms with Crippen LogP contribution in [-0.4, -0.2) is 23.0 Å². The third-order valence-corrected chi connectivity index (χ3v) is 3.79. The number of rotatable bonds is 3. The fourth-order valence-corrected chi connectivity index (χ4v) is 2.71. The molecule has 2 N–H and O–H groups in total. The first-order valence-corrected chi connectivity index (χ1v) is 6.65. The Labute approximate surface area is 116 Å². The molecule has 0 bridgehead atoms. The van der Waals surface area contributed by atoms with Crippen molar-refractivity contribution in [3.8, 4) is 0 Å². The summed E-state index contributed by atoms with van der Waals surface area (Å²) in [5.74, 6) is -1.28. The maximum absolute atomic E-state index is 12.1. The van der Waals surface area contributed by atoms with E-state index in [0.717, 1.165) is 12.0 Å². The smallest absolute Gasteiger partial charge is 0.306 e. The van der Waals surface area contributed by atoms with Gasteiger partial charge in [0.15, 0.2) is 0 Å². The summed E-state index contributed by atoms with van der Waals surface area (Å²) < 4.78 is 0. The lowest BCUT2D eigenvalue weighted by Gasteiger charge is -2.13. The molecule has 4 nitrogen and oxygen atoms in total. The van der Waals surface area contributed by atoms with Crippen molar-refractivity contribution in [2.45, 2.75) is 32.2 Å². The van der Waals surface area contributed by atoms with E-state index in [0.29, 0.717) is 23.4 Å². The number of carboxylic acids is 1. The van der Waals surface area contributed by atoms with Crippen LogP contribution in [-0.2, 0) is 4.79 Å². The molecule has 0 spiro atoms. The number of aliphatic carboxylic acids is 1. The van der Waals surface area contributed by atoms with Crippen LogP contribution in [0.5, 0.6) is 0 Å². The molecule has 5 heteroatoms. The summed E-state index contributed by atoms with van der Waals surface area (Å²) in [5, 5.41) is 12.4. The Morgan fingerprint density at radius 3 is 2.68 bits per heavy atom. The first-order chi connectivity index (χ1) is 8.97. The van der Waals surface area contributed by atoms with Crippen LogP contribution in [0.2, 0.25) is 5.02 Å². The SMILES string of the molecule is Cc1cc(Cl)ccc1C(=O)NC1CCC(C(=O)O)C1. The standard InChI is InChI=1S/C14H16ClNO3/c1-8-6-10(15)3-5-12(8)13(17)16-11-4-2-9(7-11)14(18)19/h3,5-6,9,11H,2,4,7H2,1H3,(H,16,17)(H,18,19). The molecule has 0 aliphatic heterocycles. The molecule has 0 aromatic heterocycles. The van der Waals surface area contributed by atoms with E-state index in [-0.39, 0.29) is 17.9 Å². The van der Waals surface area contributed by atoms with Gasteiger partial charge in [0.2, 0.25) is 0 Å². The van der Waals surface area contributed by atoms with E-state index in [2.05, 4.69) is 5.32 Å². The molecule has 1 saturated carbocycles. The molecule has 0 radical (unpaired) electrons. The van der Waals surface area contributed by atoms with Crippen molar-refractivity contribution in [3.05, 3.63) is 34.3 Å². The van der Waals surface area contributed by atoms with Gasteiger partial charge in [-0.15, -0.1) is 0 Å². The van der Waals surface area contributed by atoms with Crippen molar-refractivity contribution < 1.29 is 14.7 Å². The van der Waals surface area contributed by atoms with Crippen LogP contribution < -0.4 is 5.32 Å². The highest BCUT2D eigenvalue weighted by Crippen LogP contribution is 2.26. The third-order valence-electron chi connectivity index (χ3n) is 3.55. The van der Waals surface area contributed by atoms with Gasteiger partial charge < -0.3 is 10.4 Å². The highest BCUT2D eigenvalue weighted by Gasteiger charge is 2.30. The minimum Gasteiger partial charge on any atom is -0.481 e. The number of halogens is 1. The number of hydrogen-bond donors (Lipinski definition) is 2. The lowest BCUT2D eigenvalue weighted by atomic mass is 10.1. The minimum absolute atomic E-state index is 0.0521. The second-order valence-electron chi connectivity index (χ2n) is 4.98. The zero-order valence-corrected chi connectivity index (χ0v) is 11.4. The van der Waals surface area contributed by atoms with Gasteiger partial charge in [-0.2, -0.15) is 0 Å². The van der Waals surface area contributed by atoms with E-state index in [1.54, 1.807) is 18.2 Å². The maximum Gasteiger partial charge on any atom is 0.306 e. The summed E-state index contributed by atoms with van der Waals surface area (Å²) in [7, 11) is 0. The fraction of sp³-hybridized carbons (Fsp3) is 0.429. The second kappa shape index (κ2) is 5.61. The van der Waals surface area contributed by atoms with Gasteiger partial charge >= 0.3 is 5.97 Å². The van der Waals surface area contributed by atoms with Crippen molar-refractivity contribution in [2.75, 3.05) is 0 Å². The van der Waals surface area contributed by atoms with E-state index in [9.17, 15) is 9.59 Å². The molecule has 1 aliphatic rings. The Hall–Kier alpha value is -1.55. The monoisotopic (exact) mass is 281 g/mol. The highest BCUT2D eigenvalue weighted by atomic mass is 35.5. The number of aryl methyl sites for hydroxylation is 1. The summed E-state index contributed by atoms with van der Waals surface area (Å²) in [6, 6.07) is 5.06. The van der Waals surface area contributed by atoms with E-state index in [1.165, 1.54) is 0 Å². The minimum atomic E-state index is -0.778. The molecule has 1 aliphatic carbocycles. The van der Waals surface area contributed by atoms with E-state index < -0.39 is 5.97 Å². The van der Waals surface area contributed by atoms with Gasteiger partial charge in [0.05, 0.1) is 5.92 Å². The molecule has 1 aromatic carbocycles. The molecule has 0 heterocycles. The largest absolute Gasteiger partial charge is 0.481 e. The van der Waals surface area contributed by atoms with Crippen LogP contribution >= 0.6 is 11.6 Å². The molecule has 2 atom stereocenters. The van der Waals surface area contributed by atoms with Gasteiger partial charge in [-0.1, -0.05) is 11.6 Å². The Balaban J connectivity index is 2.00. The molecule has 1 fully saturated rings. The predicted molar refractivity (Wildman–Crippen MR) is 72.4 cm³/mol. The van der Waals surface area contributed by atoms with E-state index >= 15 is 0 Å². The van der Waals surface area contributed by atoms with E-state index in [4.69, 9.17) is 16.7 Å². The van der Waals surface area contributed by atoms with Gasteiger partial charge in [-0.3, -0.25) is 9.59 Å². The van der Waals surface area contributed by atoms with Crippen molar-refractivity contribution in [1.29, 1.82) is 0 Å². The van der Waals surface area contributed by atoms with Gasteiger partial charge in [0, 0.05) is 16.6 Å². The number of carbonyl (C=O) groups excluding carboxylic acids is 1. The first-order valence-electron chi connectivity index (χ1n) is 6.27. The van der Waals surface area contributed by atoms with Crippen LogP contribution in [0.1, 0.15) is 35.2 Å². The molecular formula is C14H16ClNO3. The molecule has 102 valence electrons. The molecule has 1 aromatic rings. The lowest BCUT2D eigenvalue weighted by Crippen LogP contribution is -2.33. The summed E-state index contributed by atoms with van der Waals surface area (Å²) in [6.07, 6.45) is 1.85. The lowest BCUT2D eigenvalue weighted by molar-refractivity contribution is -0.141. The van der Waals surface area contributed by atoms with Crippen molar-refractivity contribution in [2.24, 2.45) is 5.92 Å². The molecule has 2 rings (SSSR count). The van der Waals surface area contributed by atoms with Gasteiger partial charge in [0.1, 0.15) is 0 Å². The average molecular weight is 282 g/mol. The topological polar surface area (TPSA) is 66.4 Å². The highest BCUT2D eigenvalue weighted by molar-refractivity contribution is 6.30. The van der Waals surface area contributed by atoms with Crippen LogP contribution in [0.15, 0.2) is 18.2 Å². The van der Waals surface area contributed by atoms with Crippen molar-refractivity contribution in [1.82, 2.24) is 5.32 Å². The Kier molecular flexibility index (Phi) is 4.10. The number of hydrogen-bond acceptors (Lipinski definition) is 2. The fourth-order valence-electron chi connectivity index (χ4n) is 2.48.